The van der Waals surface area contributed by atoms with E-state index in [9.17, 15) is 29.4 Å². The van der Waals surface area contributed by atoms with Crippen LogP contribution >= 0.6 is 23.1 Å². The monoisotopic (exact) mass is 384 g/mol. The van der Waals surface area contributed by atoms with Crippen molar-refractivity contribution in [2.45, 2.75) is 42.0 Å². The zero-order chi connectivity index (χ0) is 18.5. The minimum absolute atomic E-state index is 0.349. The van der Waals surface area contributed by atoms with Crippen LogP contribution in [0.25, 0.3) is 0 Å². The molecule has 2 fully saturated rings. The topological polar surface area (TPSA) is 124 Å². The molecule has 0 radical (unpaired) electrons. The fourth-order valence-corrected chi connectivity index (χ4v) is 5.54. The quantitative estimate of drug-likeness (QED) is 0.500. The molecule has 0 unspecified atom stereocenters. The van der Waals surface area contributed by atoms with Crippen LogP contribution in [0, 0.1) is 0 Å². The largest absolute Gasteiger partial charge is 0.480 e. The van der Waals surface area contributed by atoms with Crippen LogP contribution in [0.2, 0.25) is 0 Å². The summed E-state index contributed by atoms with van der Waals surface area (Å²) in [6.45, 7) is 3.46. The molecule has 0 aromatic carbocycles. The second kappa shape index (κ2) is 6.03. The number of fused-ring (bicyclic) bond motifs is 1. The van der Waals surface area contributed by atoms with Crippen molar-refractivity contribution >= 4 is 46.9 Å². The lowest BCUT2D eigenvalue weighted by Crippen LogP contribution is -2.71. The molecular formula is C15H16N2O6S2. The molecule has 25 heavy (non-hydrogen) atoms. The van der Waals surface area contributed by atoms with Gasteiger partial charge in [0.1, 0.15) is 17.5 Å². The van der Waals surface area contributed by atoms with Crippen molar-refractivity contribution in [3.05, 3.63) is 22.4 Å². The van der Waals surface area contributed by atoms with Gasteiger partial charge in [-0.1, -0.05) is 0 Å². The lowest BCUT2D eigenvalue weighted by atomic mass is 9.95. The lowest BCUT2D eigenvalue weighted by Gasteiger charge is -2.43. The van der Waals surface area contributed by atoms with Crippen LogP contribution in [-0.4, -0.2) is 61.1 Å². The number of carbonyl (C=O) groups excluding carboxylic acids is 2. The molecule has 2 aliphatic rings. The Bertz CT molecular complexity index is 747. The van der Waals surface area contributed by atoms with Crippen LogP contribution < -0.4 is 5.32 Å². The zero-order valence-corrected chi connectivity index (χ0v) is 15.0. The van der Waals surface area contributed by atoms with E-state index < -0.39 is 51.9 Å². The van der Waals surface area contributed by atoms with Crippen molar-refractivity contribution in [3.8, 4) is 0 Å². The van der Waals surface area contributed by atoms with Gasteiger partial charge in [0.25, 0.3) is 0 Å². The highest BCUT2D eigenvalue weighted by Gasteiger charge is 2.64. The Balaban J connectivity index is 1.77. The fourth-order valence-electron chi connectivity index (χ4n) is 3.23. The summed E-state index contributed by atoms with van der Waals surface area (Å²) in [7, 11) is 0. The molecule has 8 nitrogen and oxygen atoms in total. The first kappa shape index (κ1) is 17.7. The molecule has 0 aliphatic carbocycles. The Labute approximate surface area is 151 Å². The normalized spacial score (nSPS) is 28.0. The number of thioether (sulfide) groups is 1. The van der Waals surface area contributed by atoms with E-state index in [-0.39, 0.29) is 0 Å². The molecule has 3 rings (SSSR count). The van der Waals surface area contributed by atoms with Gasteiger partial charge in [-0.15, -0.1) is 11.8 Å². The van der Waals surface area contributed by atoms with E-state index in [0.717, 1.165) is 0 Å². The summed E-state index contributed by atoms with van der Waals surface area (Å²) in [6, 6.07) is -0.344. The molecule has 3 heterocycles. The maximum absolute atomic E-state index is 12.4. The van der Waals surface area contributed by atoms with E-state index >= 15 is 0 Å². The Morgan fingerprint density at radius 3 is 2.52 bits per heavy atom. The number of carbonyl (C=O) groups is 4. The second-order valence-corrected chi connectivity index (χ2v) is 8.96. The number of nitrogens with zero attached hydrogens (tertiary/aromatic N) is 1. The minimum Gasteiger partial charge on any atom is -0.480 e. The van der Waals surface area contributed by atoms with Gasteiger partial charge in [-0.25, -0.2) is 4.79 Å². The van der Waals surface area contributed by atoms with Gasteiger partial charge in [0.15, 0.2) is 5.92 Å². The Hall–Kier alpha value is -2.07. The third kappa shape index (κ3) is 2.78. The lowest BCUT2D eigenvalue weighted by molar-refractivity contribution is -0.161. The van der Waals surface area contributed by atoms with Gasteiger partial charge in [0, 0.05) is 4.75 Å². The van der Waals surface area contributed by atoms with Crippen molar-refractivity contribution in [1.82, 2.24) is 10.2 Å². The second-order valence-electron chi connectivity index (χ2n) is 6.41. The molecule has 10 heteroatoms. The van der Waals surface area contributed by atoms with Crippen molar-refractivity contribution in [2.75, 3.05) is 0 Å². The number of hydrogen-bond donors (Lipinski definition) is 3. The van der Waals surface area contributed by atoms with Crippen LogP contribution in [0.1, 0.15) is 25.3 Å². The zero-order valence-electron chi connectivity index (χ0n) is 13.3. The van der Waals surface area contributed by atoms with Gasteiger partial charge in [-0.05, 0) is 36.2 Å². The number of carboxylic acids is 2. The number of hydrogen-bond acceptors (Lipinski definition) is 6. The fraction of sp³-hybridized carbons (Fsp3) is 0.467. The van der Waals surface area contributed by atoms with E-state index in [0.29, 0.717) is 5.56 Å². The Morgan fingerprint density at radius 2 is 2.00 bits per heavy atom. The van der Waals surface area contributed by atoms with Crippen LogP contribution in [0.3, 0.4) is 0 Å². The van der Waals surface area contributed by atoms with Gasteiger partial charge in [0.05, 0.1) is 0 Å². The Kier molecular flexibility index (Phi) is 4.28. The van der Waals surface area contributed by atoms with Gasteiger partial charge >= 0.3 is 11.9 Å². The Morgan fingerprint density at radius 1 is 1.32 bits per heavy atom. The average molecular weight is 384 g/mol. The molecule has 134 valence electrons. The summed E-state index contributed by atoms with van der Waals surface area (Å²) in [5.74, 6) is -5.08. The van der Waals surface area contributed by atoms with Crippen molar-refractivity contribution in [1.29, 1.82) is 0 Å². The number of β-lactam (4-membered cyclic amide) rings is 1. The van der Waals surface area contributed by atoms with Gasteiger partial charge in [-0.2, -0.15) is 11.3 Å². The number of nitrogens with one attached hydrogen (secondary N) is 1. The highest BCUT2D eigenvalue weighted by atomic mass is 32.2. The summed E-state index contributed by atoms with van der Waals surface area (Å²) in [4.78, 5) is 48.9. The molecule has 2 amide bonds. The summed E-state index contributed by atoms with van der Waals surface area (Å²) < 4.78 is -0.703. The highest BCUT2D eigenvalue weighted by molar-refractivity contribution is 8.01. The summed E-state index contributed by atoms with van der Waals surface area (Å²) >= 11 is 2.56. The number of thiophene rings is 1. The first-order valence-electron chi connectivity index (χ1n) is 7.43. The predicted molar refractivity (Wildman–Crippen MR) is 90.4 cm³/mol. The van der Waals surface area contributed by atoms with E-state index in [4.69, 9.17) is 0 Å². The molecule has 0 spiro atoms. The van der Waals surface area contributed by atoms with Gasteiger partial charge < -0.3 is 20.4 Å². The summed E-state index contributed by atoms with van der Waals surface area (Å²) in [5.41, 5.74) is 0.349. The van der Waals surface area contributed by atoms with Crippen molar-refractivity contribution < 1.29 is 29.4 Å². The number of aliphatic carboxylic acids is 2. The van der Waals surface area contributed by atoms with Crippen LogP contribution in [0.15, 0.2) is 16.8 Å². The molecule has 1 aromatic heterocycles. The molecular weight excluding hydrogens is 368 g/mol. The third-order valence-electron chi connectivity index (χ3n) is 4.36. The predicted octanol–water partition coefficient (Wildman–Crippen LogP) is 0.548. The van der Waals surface area contributed by atoms with Crippen molar-refractivity contribution in [3.63, 3.8) is 0 Å². The minimum atomic E-state index is -1.40. The summed E-state index contributed by atoms with van der Waals surface area (Å²) in [5, 5.41) is 23.9. The van der Waals surface area contributed by atoms with E-state index in [1.807, 2.05) is 0 Å². The average Bonchev–Trinajstić information content (AvgIpc) is 3.09. The van der Waals surface area contributed by atoms with Gasteiger partial charge in [0.2, 0.25) is 11.8 Å². The maximum atomic E-state index is 12.4. The van der Waals surface area contributed by atoms with E-state index in [2.05, 4.69) is 5.32 Å². The molecule has 2 aliphatic heterocycles. The third-order valence-corrected chi connectivity index (χ3v) is 6.63. The van der Waals surface area contributed by atoms with Crippen LogP contribution in [-0.2, 0) is 19.2 Å². The molecule has 3 N–H and O–H groups in total. The maximum Gasteiger partial charge on any atom is 0.327 e. The molecule has 0 saturated carbocycles. The first-order chi connectivity index (χ1) is 11.6. The number of amides is 2. The smallest absolute Gasteiger partial charge is 0.327 e. The standard InChI is InChI=1S/C15H16N2O6S2/c1-15(2)9(14(22)23)17-11(19)8(12(17)25-15)16-10(18)7(13(20)21)6-3-4-24-5-6/h3-5,7-9,12H,1-2H3,(H,16,18)(H,20,21)(H,22,23)/t7-,8+,9+,12-/m1/s1. The molecule has 4 atom stereocenters. The molecule has 1 aromatic rings. The number of carboxylic acid groups (broad SMARTS) is 2. The highest BCUT2D eigenvalue weighted by Crippen LogP contribution is 2.50. The molecule has 2 saturated heterocycles. The first-order valence-corrected chi connectivity index (χ1v) is 9.25. The number of rotatable bonds is 5. The van der Waals surface area contributed by atoms with Crippen LogP contribution in [0.5, 0.6) is 0 Å². The van der Waals surface area contributed by atoms with Crippen LogP contribution in [0.4, 0.5) is 0 Å². The van der Waals surface area contributed by atoms with Gasteiger partial charge in [-0.3, -0.25) is 14.4 Å². The molecule has 0 bridgehead atoms. The van der Waals surface area contributed by atoms with Crippen molar-refractivity contribution in [2.24, 2.45) is 0 Å². The van der Waals surface area contributed by atoms with E-state index in [1.165, 1.54) is 28.0 Å². The SMILES string of the molecule is CC1(C)S[C@@H]2[C@@H](NC(=O)[C@H](C(=O)O)c3ccsc3)C(=O)N2[C@H]1C(=O)O. The van der Waals surface area contributed by atoms with E-state index in [1.54, 1.807) is 30.7 Å². The summed E-state index contributed by atoms with van der Waals surface area (Å²) in [6.07, 6.45) is 0.